The fourth-order valence-corrected chi connectivity index (χ4v) is 4.59. The molecule has 2 N–H and O–H groups in total. The summed E-state index contributed by atoms with van der Waals surface area (Å²) in [7, 11) is 0. The minimum atomic E-state index is -0.531. The molecule has 190 valence electrons. The van der Waals surface area contributed by atoms with Gasteiger partial charge in [-0.3, -0.25) is 14.4 Å². The Balaban J connectivity index is 0.00000102. The maximum absolute atomic E-state index is 13.0. The van der Waals surface area contributed by atoms with E-state index in [-0.39, 0.29) is 23.9 Å². The van der Waals surface area contributed by atoms with Crippen LogP contribution in [0.3, 0.4) is 0 Å². The second-order valence-corrected chi connectivity index (χ2v) is 8.96. The minimum absolute atomic E-state index is 0.0486. The van der Waals surface area contributed by atoms with Gasteiger partial charge in [-0.25, -0.2) is 4.57 Å². The molecule has 5 rings (SSSR count). The summed E-state index contributed by atoms with van der Waals surface area (Å²) in [4.78, 5) is 46.8. The van der Waals surface area contributed by atoms with Gasteiger partial charge in [0.2, 0.25) is 0 Å². The highest BCUT2D eigenvalue weighted by molar-refractivity contribution is 6.07. The number of Topliss-reactive ketones (excluding diaryl/α,β-unsaturated/α-hetero) is 2. The van der Waals surface area contributed by atoms with E-state index in [1.165, 1.54) is 0 Å². The second-order valence-electron chi connectivity index (χ2n) is 8.96. The van der Waals surface area contributed by atoms with Gasteiger partial charge in [-0.05, 0) is 24.1 Å². The number of fused-ring (bicyclic) bond motifs is 1. The Labute approximate surface area is 214 Å². The number of hydrogen-bond donors (Lipinski definition) is 1. The number of anilines is 1. The van der Waals surface area contributed by atoms with Crippen LogP contribution in [-0.4, -0.2) is 34.9 Å². The monoisotopic (exact) mass is 501 g/mol. The van der Waals surface area contributed by atoms with Crippen LogP contribution in [0.2, 0.25) is 0 Å². The van der Waals surface area contributed by atoms with Gasteiger partial charge in [0.1, 0.15) is 18.1 Å². The van der Waals surface area contributed by atoms with E-state index in [0.29, 0.717) is 37.3 Å². The van der Waals surface area contributed by atoms with Crippen LogP contribution in [0.25, 0.3) is 0 Å². The summed E-state index contributed by atoms with van der Waals surface area (Å²) in [5, 5.41) is 8.25. The Morgan fingerprint density at radius 1 is 1.03 bits per heavy atom. The largest absolute Gasteiger partial charge is 0.554 e. The summed E-state index contributed by atoms with van der Waals surface area (Å²) < 4.78 is 8.16. The molecule has 1 aromatic heterocycles. The summed E-state index contributed by atoms with van der Waals surface area (Å²) in [5.41, 5.74) is 10.0. The molecule has 0 bridgehead atoms. The van der Waals surface area contributed by atoms with E-state index in [4.69, 9.17) is 20.4 Å². The maximum Gasteiger partial charge on any atom is 0.255 e. The molecule has 2 aromatic carbocycles. The number of carboxylic acid groups (broad SMARTS) is 1. The van der Waals surface area contributed by atoms with Gasteiger partial charge < -0.3 is 25.3 Å². The molecule has 37 heavy (non-hydrogen) atoms. The summed E-state index contributed by atoms with van der Waals surface area (Å²) in [5.74, 6) is 0.261. The SMILES string of the molecule is Nc1cc[n+](Cc2ccc(COc3cccc4c3CN(C3CCC(=O)CC3=O)C4=O)cc2)cc1.O=C[O-]. The molecule has 3 aromatic rings. The van der Waals surface area contributed by atoms with Crippen LogP contribution in [0.5, 0.6) is 5.75 Å². The van der Waals surface area contributed by atoms with Gasteiger partial charge in [-0.2, -0.15) is 0 Å². The van der Waals surface area contributed by atoms with Gasteiger partial charge in [-0.15, -0.1) is 0 Å². The number of carbonyl (C=O) groups is 4. The zero-order chi connectivity index (χ0) is 26.4. The fourth-order valence-electron chi connectivity index (χ4n) is 4.59. The van der Waals surface area contributed by atoms with Crippen molar-refractivity contribution in [3.8, 4) is 5.75 Å². The molecule has 1 aliphatic carbocycles. The molecule has 1 fully saturated rings. The summed E-state index contributed by atoms with van der Waals surface area (Å²) in [6.07, 6.45) is 4.56. The molecular formula is C28H27N3O6. The zero-order valence-corrected chi connectivity index (χ0v) is 20.2. The van der Waals surface area contributed by atoms with Crippen molar-refractivity contribution in [2.45, 2.75) is 45.0 Å². The molecule has 9 nitrogen and oxygen atoms in total. The molecule has 9 heteroatoms. The number of ether oxygens (including phenoxy) is 1. The predicted octanol–water partition coefficient (Wildman–Crippen LogP) is 1.20. The van der Waals surface area contributed by atoms with Crippen molar-refractivity contribution in [2.75, 3.05) is 5.73 Å². The van der Waals surface area contributed by atoms with Crippen molar-refractivity contribution < 1.29 is 33.6 Å². The van der Waals surface area contributed by atoms with Crippen LogP contribution in [0.15, 0.2) is 67.0 Å². The van der Waals surface area contributed by atoms with Gasteiger partial charge in [0.05, 0.1) is 19.0 Å². The van der Waals surface area contributed by atoms with Gasteiger partial charge in [0.15, 0.2) is 24.7 Å². The van der Waals surface area contributed by atoms with Crippen molar-refractivity contribution >= 4 is 29.6 Å². The molecule has 1 atom stereocenters. The molecule has 1 unspecified atom stereocenters. The Morgan fingerprint density at radius 3 is 2.38 bits per heavy atom. The Hall–Kier alpha value is -4.53. The second kappa shape index (κ2) is 11.5. The first-order valence-electron chi connectivity index (χ1n) is 11.9. The van der Waals surface area contributed by atoms with E-state index >= 15 is 0 Å². The first-order chi connectivity index (χ1) is 17.9. The number of nitrogen functional groups attached to an aromatic ring is 1. The average Bonchev–Trinajstić information content (AvgIpc) is 3.22. The lowest BCUT2D eigenvalue weighted by molar-refractivity contribution is -0.688. The number of hydrogen-bond acceptors (Lipinski definition) is 7. The first-order valence-corrected chi connectivity index (χ1v) is 11.9. The van der Waals surface area contributed by atoms with E-state index in [2.05, 4.69) is 16.7 Å². The average molecular weight is 502 g/mol. The van der Waals surface area contributed by atoms with Gasteiger partial charge >= 0.3 is 0 Å². The van der Waals surface area contributed by atoms with E-state index in [1.54, 1.807) is 17.0 Å². The summed E-state index contributed by atoms with van der Waals surface area (Å²) >= 11 is 0. The Morgan fingerprint density at radius 2 is 1.70 bits per heavy atom. The van der Waals surface area contributed by atoms with Crippen LogP contribution >= 0.6 is 0 Å². The third-order valence-corrected chi connectivity index (χ3v) is 6.47. The predicted molar refractivity (Wildman–Crippen MR) is 131 cm³/mol. The number of rotatable bonds is 6. The third kappa shape index (κ3) is 6.00. The number of amides is 1. The lowest BCUT2D eigenvalue weighted by atomic mass is 9.92. The third-order valence-electron chi connectivity index (χ3n) is 6.47. The van der Waals surface area contributed by atoms with Gasteiger partial charge in [-0.1, -0.05) is 30.3 Å². The highest BCUT2D eigenvalue weighted by Gasteiger charge is 2.39. The number of ketones is 2. The maximum atomic E-state index is 13.0. The molecule has 0 spiro atoms. The molecule has 1 amide bonds. The highest BCUT2D eigenvalue weighted by Crippen LogP contribution is 2.34. The lowest BCUT2D eigenvalue weighted by Gasteiger charge is -2.29. The van der Waals surface area contributed by atoms with Crippen molar-refractivity contribution in [1.29, 1.82) is 0 Å². The number of carbonyl (C=O) groups excluding carboxylic acids is 4. The van der Waals surface area contributed by atoms with E-state index in [9.17, 15) is 14.4 Å². The molecule has 0 saturated heterocycles. The number of benzene rings is 2. The molecule has 1 saturated carbocycles. The Kier molecular flexibility index (Phi) is 7.92. The number of nitrogens with two attached hydrogens (primary N) is 1. The number of nitrogens with zero attached hydrogens (tertiary/aromatic N) is 2. The van der Waals surface area contributed by atoms with Gasteiger partial charge in [0.25, 0.3) is 5.91 Å². The van der Waals surface area contributed by atoms with E-state index in [1.807, 2.05) is 42.7 Å². The smallest absolute Gasteiger partial charge is 0.255 e. The summed E-state index contributed by atoms with van der Waals surface area (Å²) in [6, 6.07) is 16.8. The standard InChI is InChI=1S/C27H25N3O4.CH2O2/c28-20-10-12-29(13-11-20)15-18-4-6-19(7-5-18)17-34-26-3-1-2-22-23(26)16-30(27(22)33)24-9-8-21(31)14-25(24)32;2-1-3/h1-7,10-13,24,28H,8-9,14-17H2;1H,(H,2,3). The van der Waals surface area contributed by atoms with Crippen LogP contribution in [0.4, 0.5) is 5.69 Å². The summed E-state index contributed by atoms with van der Waals surface area (Å²) in [6.45, 7) is 0.945. The zero-order valence-electron chi connectivity index (χ0n) is 20.2. The molecule has 0 radical (unpaired) electrons. The van der Waals surface area contributed by atoms with Crippen molar-refractivity contribution in [2.24, 2.45) is 0 Å². The fraction of sp³-hybridized carbons (Fsp3) is 0.250. The number of pyridine rings is 1. The van der Waals surface area contributed by atoms with Crippen LogP contribution in [0, 0.1) is 0 Å². The van der Waals surface area contributed by atoms with Crippen molar-refractivity contribution in [3.05, 3.63) is 89.2 Å². The number of aromatic nitrogens is 1. The van der Waals surface area contributed by atoms with E-state index < -0.39 is 12.5 Å². The molecular weight excluding hydrogens is 474 g/mol. The topological polar surface area (TPSA) is 134 Å². The van der Waals surface area contributed by atoms with Crippen molar-refractivity contribution in [1.82, 2.24) is 4.90 Å². The van der Waals surface area contributed by atoms with Crippen molar-refractivity contribution in [3.63, 3.8) is 0 Å². The van der Waals surface area contributed by atoms with Crippen LogP contribution < -0.4 is 20.1 Å². The molecule has 2 heterocycles. The Bertz CT molecular complexity index is 1300. The van der Waals surface area contributed by atoms with Crippen LogP contribution in [0.1, 0.15) is 46.3 Å². The molecule has 1 aliphatic heterocycles. The molecule has 2 aliphatic rings. The highest BCUT2D eigenvalue weighted by atomic mass is 16.5. The quantitative estimate of drug-likeness (QED) is 0.305. The normalized spacial score (nSPS) is 16.6. The van der Waals surface area contributed by atoms with Crippen LogP contribution in [-0.2, 0) is 34.1 Å². The first kappa shape index (κ1) is 25.6. The van der Waals surface area contributed by atoms with Gasteiger partial charge in [0, 0.05) is 47.4 Å². The lowest BCUT2D eigenvalue weighted by Crippen LogP contribution is -2.44. The minimum Gasteiger partial charge on any atom is -0.554 e. The van der Waals surface area contributed by atoms with E-state index in [0.717, 1.165) is 28.9 Å².